The van der Waals surface area contributed by atoms with E-state index in [1.165, 1.54) is 28.2 Å². The second-order valence-corrected chi connectivity index (χ2v) is 12.8. The molecule has 2 aromatic carbocycles. The van der Waals surface area contributed by atoms with Gasteiger partial charge in [-0.2, -0.15) is 0 Å². The maximum atomic E-state index is 12.8. The average molecular weight is 629 g/mol. The zero-order valence-electron chi connectivity index (χ0n) is 24.5. The number of unbranched alkanes of at least 4 members (excludes halogenated alkanes) is 1. The summed E-state index contributed by atoms with van der Waals surface area (Å²) in [6.07, 6.45) is 9.06. The zero-order valence-corrected chi connectivity index (χ0v) is 26.1. The SMILES string of the molecule is COc1ccc2c(c1)C(CC(=O)Nc1nnc(CCCCc3nnc(CC(=O)Cc4c[nH]c5ccc(OC)cc45)s3)s1)=CC2. The topological polar surface area (TPSA) is 132 Å². The van der Waals surface area contributed by atoms with Gasteiger partial charge in [-0.1, -0.05) is 23.5 Å². The monoisotopic (exact) mass is 628 g/mol. The summed E-state index contributed by atoms with van der Waals surface area (Å²) < 4.78 is 10.7. The number of nitrogens with zero attached hydrogens (tertiary/aromatic N) is 4. The number of ether oxygens (including phenoxy) is 2. The van der Waals surface area contributed by atoms with Crippen molar-refractivity contribution in [3.8, 4) is 11.5 Å². The minimum Gasteiger partial charge on any atom is -0.497 e. The van der Waals surface area contributed by atoms with Crippen LogP contribution in [0, 0.1) is 0 Å². The summed E-state index contributed by atoms with van der Waals surface area (Å²) in [7, 11) is 3.27. The Bertz CT molecular complexity index is 1840. The van der Waals surface area contributed by atoms with E-state index in [9.17, 15) is 9.59 Å². The highest BCUT2D eigenvalue weighted by Gasteiger charge is 2.19. The molecule has 10 nitrogen and oxygen atoms in total. The highest BCUT2D eigenvalue weighted by Crippen LogP contribution is 2.33. The van der Waals surface area contributed by atoms with Crippen molar-refractivity contribution in [2.45, 2.75) is 51.4 Å². The molecule has 0 saturated heterocycles. The number of amides is 1. The van der Waals surface area contributed by atoms with Crippen molar-refractivity contribution >= 4 is 56.0 Å². The second-order valence-electron chi connectivity index (χ2n) is 10.6. The van der Waals surface area contributed by atoms with Gasteiger partial charge in [0.25, 0.3) is 0 Å². The number of methoxy groups -OCH3 is 2. The fraction of sp³-hybridized carbons (Fsp3) is 0.312. The van der Waals surface area contributed by atoms with Crippen LogP contribution in [0.5, 0.6) is 11.5 Å². The van der Waals surface area contributed by atoms with Crippen LogP contribution in [0.1, 0.15) is 51.0 Å². The van der Waals surface area contributed by atoms with Crippen molar-refractivity contribution in [2.24, 2.45) is 0 Å². The summed E-state index contributed by atoms with van der Waals surface area (Å²) in [5.74, 6) is 1.54. The summed E-state index contributed by atoms with van der Waals surface area (Å²) in [5.41, 5.74) is 5.20. The number of H-pyrrole nitrogens is 1. The van der Waals surface area contributed by atoms with Gasteiger partial charge in [0, 0.05) is 36.4 Å². The molecule has 0 bridgehead atoms. The number of aryl methyl sites for hydroxylation is 2. The maximum Gasteiger partial charge on any atom is 0.230 e. The molecule has 1 aliphatic rings. The van der Waals surface area contributed by atoms with E-state index < -0.39 is 0 Å². The Hall–Kier alpha value is -4.42. The molecule has 0 spiro atoms. The van der Waals surface area contributed by atoms with Crippen molar-refractivity contribution in [3.05, 3.63) is 80.4 Å². The molecule has 0 fully saturated rings. The van der Waals surface area contributed by atoms with Crippen LogP contribution in [0.4, 0.5) is 5.13 Å². The maximum absolute atomic E-state index is 12.8. The Morgan fingerprint density at radius 2 is 1.59 bits per heavy atom. The third kappa shape index (κ3) is 7.03. The molecule has 226 valence electrons. The molecule has 2 N–H and O–H groups in total. The minimum atomic E-state index is -0.109. The summed E-state index contributed by atoms with van der Waals surface area (Å²) in [6.45, 7) is 0. The second kappa shape index (κ2) is 13.5. The average Bonchev–Trinajstić information content (AvgIpc) is 3.83. The number of carbonyl (C=O) groups excluding carboxylic acids is 2. The van der Waals surface area contributed by atoms with Crippen molar-refractivity contribution in [1.82, 2.24) is 25.4 Å². The molecule has 12 heteroatoms. The van der Waals surface area contributed by atoms with Gasteiger partial charge in [-0.05, 0) is 71.9 Å². The van der Waals surface area contributed by atoms with Gasteiger partial charge in [0.15, 0.2) is 0 Å². The van der Waals surface area contributed by atoms with Crippen molar-refractivity contribution in [3.63, 3.8) is 0 Å². The summed E-state index contributed by atoms with van der Waals surface area (Å²) >= 11 is 2.90. The molecule has 5 aromatic rings. The zero-order chi connectivity index (χ0) is 30.5. The number of anilines is 1. The number of hydrogen-bond donors (Lipinski definition) is 2. The highest BCUT2D eigenvalue weighted by atomic mass is 32.1. The largest absolute Gasteiger partial charge is 0.497 e. The summed E-state index contributed by atoms with van der Waals surface area (Å²) in [6, 6.07) is 11.8. The van der Waals surface area contributed by atoms with Crippen molar-refractivity contribution in [1.29, 1.82) is 0 Å². The molecule has 0 radical (unpaired) electrons. The van der Waals surface area contributed by atoms with Gasteiger partial charge >= 0.3 is 0 Å². The molecule has 0 unspecified atom stereocenters. The third-order valence-electron chi connectivity index (χ3n) is 7.55. The smallest absolute Gasteiger partial charge is 0.230 e. The van der Waals surface area contributed by atoms with Gasteiger partial charge in [0.1, 0.15) is 32.3 Å². The first-order valence-corrected chi connectivity index (χ1v) is 16.1. The van der Waals surface area contributed by atoms with E-state index in [4.69, 9.17) is 9.47 Å². The number of allylic oxidation sites excluding steroid dienone is 1. The highest BCUT2D eigenvalue weighted by molar-refractivity contribution is 7.15. The number of Topliss-reactive ketones (excluding diaryl/α,β-unsaturated/α-hetero) is 1. The van der Waals surface area contributed by atoms with Gasteiger partial charge in [-0.25, -0.2) is 0 Å². The van der Waals surface area contributed by atoms with E-state index in [0.29, 0.717) is 11.6 Å². The Labute approximate surface area is 262 Å². The first-order valence-electron chi connectivity index (χ1n) is 14.4. The fourth-order valence-corrected chi connectivity index (χ4v) is 7.01. The van der Waals surface area contributed by atoms with E-state index in [0.717, 1.165) is 86.2 Å². The number of hydrogen-bond acceptors (Lipinski definition) is 10. The fourth-order valence-electron chi connectivity index (χ4n) is 5.30. The van der Waals surface area contributed by atoms with E-state index in [1.807, 2.05) is 42.6 Å². The van der Waals surface area contributed by atoms with Gasteiger partial charge in [-0.3, -0.25) is 9.59 Å². The van der Waals surface area contributed by atoms with Gasteiger partial charge in [0.05, 0.1) is 27.1 Å². The van der Waals surface area contributed by atoms with Crippen molar-refractivity contribution in [2.75, 3.05) is 19.5 Å². The standard InChI is InChI=1S/C32H32N6O4S2/c1-41-23-10-9-19-7-8-20(25(19)16-23)14-28(40)34-32-38-36-30(44-32)6-4-3-5-29-35-37-31(43-29)15-22(39)13-21-18-33-27-12-11-24(42-2)17-26(21)27/h8-12,16-18,33H,3-7,13-15H2,1-2H3,(H,34,38,40). The van der Waals surface area contributed by atoms with Gasteiger partial charge in [-0.15, -0.1) is 31.7 Å². The van der Waals surface area contributed by atoms with E-state index in [2.05, 4.69) is 36.8 Å². The molecule has 3 heterocycles. The molecule has 1 aliphatic carbocycles. The quantitative estimate of drug-likeness (QED) is 0.148. The van der Waals surface area contributed by atoms with Crippen molar-refractivity contribution < 1.29 is 19.1 Å². The van der Waals surface area contributed by atoms with E-state index in [1.54, 1.807) is 14.2 Å². The van der Waals surface area contributed by atoms with E-state index in [-0.39, 0.29) is 24.5 Å². The molecule has 1 amide bonds. The van der Waals surface area contributed by atoms with E-state index >= 15 is 0 Å². The Morgan fingerprint density at radius 1 is 0.864 bits per heavy atom. The molecule has 3 aromatic heterocycles. The molecule has 6 rings (SSSR count). The number of ketones is 1. The lowest BCUT2D eigenvalue weighted by molar-refractivity contribution is -0.118. The lowest BCUT2D eigenvalue weighted by atomic mass is 10.0. The lowest BCUT2D eigenvalue weighted by Gasteiger charge is -2.08. The number of nitrogens with one attached hydrogen (secondary N) is 2. The Balaban J connectivity index is 0.921. The predicted molar refractivity (Wildman–Crippen MR) is 172 cm³/mol. The van der Waals surface area contributed by atoms with Gasteiger partial charge in [0.2, 0.25) is 11.0 Å². The summed E-state index contributed by atoms with van der Waals surface area (Å²) in [4.78, 5) is 28.7. The number of carbonyl (C=O) groups is 2. The van der Waals surface area contributed by atoms with Crippen LogP contribution < -0.4 is 14.8 Å². The summed E-state index contributed by atoms with van der Waals surface area (Å²) in [5, 5.41) is 23.9. The Morgan fingerprint density at radius 3 is 2.41 bits per heavy atom. The van der Waals surface area contributed by atoms with Crippen LogP contribution in [0.25, 0.3) is 16.5 Å². The molecular formula is C32H32N6O4S2. The minimum absolute atomic E-state index is 0.0978. The van der Waals surface area contributed by atoms with Crippen LogP contribution >= 0.6 is 22.7 Å². The molecule has 0 aliphatic heterocycles. The number of aromatic amines is 1. The van der Waals surface area contributed by atoms with Crippen LogP contribution in [0.2, 0.25) is 0 Å². The van der Waals surface area contributed by atoms with Gasteiger partial charge < -0.3 is 19.8 Å². The molecule has 44 heavy (non-hydrogen) atoms. The van der Waals surface area contributed by atoms with Crippen LogP contribution in [-0.2, 0) is 41.7 Å². The molecule has 0 saturated carbocycles. The molecule has 0 atom stereocenters. The number of aromatic nitrogens is 5. The number of benzene rings is 2. The number of fused-ring (bicyclic) bond motifs is 2. The first-order chi connectivity index (χ1) is 21.5. The first kappa shape index (κ1) is 29.6. The predicted octanol–water partition coefficient (Wildman–Crippen LogP) is 5.78. The third-order valence-corrected chi connectivity index (χ3v) is 9.43. The molecular weight excluding hydrogens is 597 g/mol. The van der Waals surface area contributed by atoms with Crippen LogP contribution in [0.15, 0.2) is 48.7 Å². The number of rotatable bonds is 14. The lowest BCUT2D eigenvalue weighted by Crippen LogP contribution is -2.11. The van der Waals surface area contributed by atoms with Crippen LogP contribution in [0.3, 0.4) is 0 Å². The Kier molecular flexibility index (Phi) is 9.08. The normalized spacial score (nSPS) is 12.3. The van der Waals surface area contributed by atoms with Crippen LogP contribution in [-0.4, -0.2) is 51.3 Å².